The van der Waals surface area contributed by atoms with Crippen molar-refractivity contribution in [3.63, 3.8) is 0 Å². The number of para-hydroxylation sites is 1. The highest BCUT2D eigenvalue weighted by molar-refractivity contribution is 6.11. The van der Waals surface area contributed by atoms with Crippen LogP contribution in [0.1, 0.15) is 23.0 Å². The van der Waals surface area contributed by atoms with Gasteiger partial charge in [0.25, 0.3) is 5.91 Å². The molecule has 0 unspecified atom stereocenters. The van der Waals surface area contributed by atoms with Crippen molar-refractivity contribution in [1.82, 2.24) is 14.3 Å². The zero-order valence-electron chi connectivity index (χ0n) is 20.3. The van der Waals surface area contributed by atoms with Crippen molar-refractivity contribution in [1.29, 1.82) is 0 Å². The van der Waals surface area contributed by atoms with Crippen molar-refractivity contribution in [3.05, 3.63) is 114 Å². The summed E-state index contributed by atoms with van der Waals surface area (Å²) in [5, 5.41) is 10.1. The summed E-state index contributed by atoms with van der Waals surface area (Å²) in [6.07, 6.45) is 0. The molecule has 4 aromatic carbocycles. The SMILES string of the molecule is CCn1c2ccccc2c2cc(NC(=O)c3ccc(-n4nc(C)cc4-c4ccccc4)cc3)ccc21. The molecule has 0 bridgehead atoms. The van der Waals surface area contributed by atoms with Crippen LogP contribution in [0.2, 0.25) is 0 Å². The lowest BCUT2D eigenvalue weighted by molar-refractivity contribution is 0.102. The molecule has 5 nitrogen and oxygen atoms in total. The molecular formula is C31H26N4O. The Labute approximate surface area is 209 Å². The third kappa shape index (κ3) is 3.75. The fraction of sp³-hybridized carbons (Fsp3) is 0.0968. The average molecular weight is 471 g/mol. The van der Waals surface area contributed by atoms with Crippen molar-refractivity contribution in [2.75, 3.05) is 5.32 Å². The van der Waals surface area contributed by atoms with E-state index in [2.05, 4.69) is 76.5 Å². The van der Waals surface area contributed by atoms with E-state index in [4.69, 9.17) is 0 Å². The maximum absolute atomic E-state index is 13.1. The van der Waals surface area contributed by atoms with Crippen LogP contribution in [0, 0.1) is 6.92 Å². The molecule has 0 saturated carbocycles. The Morgan fingerprint density at radius 2 is 1.53 bits per heavy atom. The van der Waals surface area contributed by atoms with Crippen LogP contribution in [0.3, 0.4) is 0 Å². The van der Waals surface area contributed by atoms with E-state index in [1.807, 2.05) is 60.1 Å². The topological polar surface area (TPSA) is 51.9 Å². The summed E-state index contributed by atoms with van der Waals surface area (Å²) < 4.78 is 4.22. The van der Waals surface area contributed by atoms with Gasteiger partial charge in [0, 0.05) is 45.2 Å². The lowest BCUT2D eigenvalue weighted by Crippen LogP contribution is -2.12. The number of hydrogen-bond acceptors (Lipinski definition) is 2. The van der Waals surface area contributed by atoms with Crippen molar-refractivity contribution >= 4 is 33.4 Å². The number of aromatic nitrogens is 3. The molecule has 1 amide bonds. The Hall–Kier alpha value is -4.64. The fourth-order valence-electron chi connectivity index (χ4n) is 4.94. The quantitative estimate of drug-likeness (QED) is 0.289. The largest absolute Gasteiger partial charge is 0.341 e. The standard InChI is InChI=1S/C31H26N4O/c1-3-34-28-12-8-7-11-26(28)27-20-24(15-18-29(27)34)32-31(36)23-13-16-25(17-14-23)35-30(19-21(2)33-35)22-9-5-4-6-10-22/h4-20H,3H2,1-2H3,(H,32,36). The summed E-state index contributed by atoms with van der Waals surface area (Å²) >= 11 is 0. The van der Waals surface area contributed by atoms with E-state index in [0.29, 0.717) is 5.56 Å². The number of aryl methyl sites for hydroxylation is 2. The first kappa shape index (κ1) is 21.9. The molecule has 0 aliphatic heterocycles. The molecule has 6 aromatic rings. The van der Waals surface area contributed by atoms with E-state index in [1.165, 1.54) is 16.4 Å². The third-order valence-corrected chi connectivity index (χ3v) is 6.62. The minimum Gasteiger partial charge on any atom is -0.341 e. The molecule has 6 rings (SSSR count). The molecule has 0 aliphatic rings. The van der Waals surface area contributed by atoms with E-state index in [9.17, 15) is 4.79 Å². The van der Waals surface area contributed by atoms with Crippen molar-refractivity contribution in [3.8, 4) is 16.9 Å². The lowest BCUT2D eigenvalue weighted by atomic mass is 10.1. The molecule has 0 spiro atoms. The number of benzene rings is 4. The summed E-state index contributed by atoms with van der Waals surface area (Å²) in [6.45, 7) is 5.03. The van der Waals surface area contributed by atoms with Crippen LogP contribution in [0.4, 0.5) is 5.69 Å². The second kappa shape index (κ2) is 8.86. The van der Waals surface area contributed by atoms with Gasteiger partial charge in [-0.2, -0.15) is 5.10 Å². The van der Waals surface area contributed by atoms with Crippen LogP contribution in [-0.4, -0.2) is 20.3 Å². The summed E-state index contributed by atoms with van der Waals surface area (Å²) in [7, 11) is 0. The second-order valence-corrected chi connectivity index (χ2v) is 8.94. The third-order valence-electron chi connectivity index (χ3n) is 6.62. The van der Waals surface area contributed by atoms with Crippen LogP contribution < -0.4 is 5.32 Å². The highest BCUT2D eigenvalue weighted by Gasteiger charge is 2.13. The molecule has 5 heteroatoms. The van der Waals surface area contributed by atoms with Gasteiger partial charge < -0.3 is 9.88 Å². The smallest absolute Gasteiger partial charge is 0.255 e. The van der Waals surface area contributed by atoms with Gasteiger partial charge in [0.1, 0.15) is 0 Å². The Balaban J connectivity index is 1.28. The number of carbonyl (C=O) groups is 1. The first-order chi connectivity index (χ1) is 17.6. The number of carbonyl (C=O) groups excluding carboxylic acids is 1. The maximum atomic E-state index is 13.1. The number of anilines is 1. The van der Waals surface area contributed by atoms with Crippen LogP contribution in [-0.2, 0) is 6.54 Å². The fourth-order valence-corrected chi connectivity index (χ4v) is 4.94. The van der Waals surface area contributed by atoms with Gasteiger partial charge in [-0.1, -0.05) is 48.5 Å². The molecule has 0 fully saturated rings. The summed E-state index contributed by atoms with van der Waals surface area (Å²) in [5.74, 6) is -0.139. The van der Waals surface area contributed by atoms with Crippen LogP contribution in [0.5, 0.6) is 0 Å². The monoisotopic (exact) mass is 470 g/mol. The predicted molar refractivity (Wildman–Crippen MR) is 147 cm³/mol. The molecule has 0 aliphatic carbocycles. The molecule has 2 aromatic heterocycles. The van der Waals surface area contributed by atoms with E-state index in [-0.39, 0.29) is 5.91 Å². The van der Waals surface area contributed by atoms with Gasteiger partial charge in [-0.15, -0.1) is 0 Å². The number of fused-ring (bicyclic) bond motifs is 3. The highest BCUT2D eigenvalue weighted by atomic mass is 16.1. The van der Waals surface area contributed by atoms with Gasteiger partial charge in [-0.3, -0.25) is 4.79 Å². The van der Waals surface area contributed by atoms with E-state index < -0.39 is 0 Å². The number of amides is 1. The molecule has 36 heavy (non-hydrogen) atoms. The second-order valence-electron chi connectivity index (χ2n) is 8.94. The van der Waals surface area contributed by atoms with Gasteiger partial charge in [-0.05, 0) is 68.4 Å². The Morgan fingerprint density at radius 1 is 0.806 bits per heavy atom. The number of hydrogen-bond donors (Lipinski definition) is 1. The molecule has 0 saturated heterocycles. The Bertz CT molecular complexity index is 1710. The number of nitrogens with zero attached hydrogens (tertiary/aromatic N) is 3. The van der Waals surface area contributed by atoms with Crippen molar-refractivity contribution < 1.29 is 4.79 Å². The van der Waals surface area contributed by atoms with Crippen LogP contribution in [0.15, 0.2) is 103 Å². The summed E-state index contributed by atoms with van der Waals surface area (Å²) in [5.41, 5.74) is 7.72. The number of rotatable bonds is 5. The van der Waals surface area contributed by atoms with E-state index in [0.717, 1.165) is 40.3 Å². The highest BCUT2D eigenvalue weighted by Crippen LogP contribution is 2.31. The van der Waals surface area contributed by atoms with Gasteiger partial charge in [-0.25, -0.2) is 4.68 Å². The average Bonchev–Trinajstić information content (AvgIpc) is 3.47. The first-order valence-electron chi connectivity index (χ1n) is 12.2. The zero-order valence-corrected chi connectivity index (χ0v) is 20.3. The molecule has 0 atom stereocenters. The maximum Gasteiger partial charge on any atom is 0.255 e. The molecule has 0 radical (unpaired) electrons. The van der Waals surface area contributed by atoms with Crippen molar-refractivity contribution in [2.24, 2.45) is 0 Å². The van der Waals surface area contributed by atoms with Gasteiger partial charge in [0.05, 0.1) is 17.1 Å². The molecular weight excluding hydrogens is 444 g/mol. The lowest BCUT2D eigenvalue weighted by Gasteiger charge is -2.10. The van der Waals surface area contributed by atoms with Crippen LogP contribution >= 0.6 is 0 Å². The zero-order chi connectivity index (χ0) is 24.6. The van der Waals surface area contributed by atoms with E-state index in [1.54, 1.807) is 0 Å². The van der Waals surface area contributed by atoms with Crippen molar-refractivity contribution in [2.45, 2.75) is 20.4 Å². The molecule has 2 heterocycles. The van der Waals surface area contributed by atoms with Gasteiger partial charge >= 0.3 is 0 Å². The summed E-state index contributed by atoms with van der Waals surface area (Å²) in [6, 6.07) is 34.3. The normalized spacial score (nSPS) is 11.3. The van der Waals surface area contributed by atoms with Crippen LogP contribution in [0.25, 0.3) is 38.8 Å². The Kier molecular flexibility index (Phi) is 5.38. The van der Waals surface area contributed by atoms with E-state index >= 15 is 0 Å². The van der Waals surface area contributed by atoms with Gasteiger partial charge in [0.15, 0.2) is 0 Å². The predicted octanol–water partition coefficient (Wildman–Crippen LogP) is 7.23. The number of nitrogens with one attached hydrogen (secondary N) is 1. The Morgan fingerprint density at radius 3 is 2.31 bits per heavy atom. The molecule has 1 N–H and O–H groups in total. The molecule has 176 valence electrons. The summed E-state index contributed by atoms with van der Waals surface area (Å²) in [4.78, 5) is 13.1. The minimum absolute atomic E-state index is 0.139. The first-order valence-corrected chi connectivity index (χ1v) is 12.2. The minimum atomic E-state index is -0.139. The van der Waals surface area contributed by atoms with Gasteiger partial charge in [0.2, 0.25) is 0 Å².